The van der Waals surface area contributed by atoms with Gasteiger partial charge in [-0.25, -0.2) is 5.01 Å². The van der Waals surface area contributed by atoms with Gasteiger partial charge >= 0.3 is 0 Å². The molecule has 0 saturated heterocycles. The first-order chi connectivity index (χ1) is 13.7. The van der Waals surface area contributed by atoms with Gasteiger partial charge in [-0.15, -0.1) is 0 Å². The van der Waals surface area contributed by atoms with Gasteiger partial charge in [-0.05, 0) is 18.6 Å². The van der Waals surface area contributed by atoms with E-state index in [0.29, 0.717) is 0 Å². The molecular formula is C24H22N2O2. The van der Waals surface area contributed by atoms with E-state index in [1.165, 1.54) is 5.56 Å². The lowest BCUT2D eigenvalue weighted by Gasteiger charge is -2.38. The van der Waals surface area contributed by atoms with Crippen LogP contribution >= 0.6 is 0 Å². The number of hydrogen-bond donors (Lipinski definition) is 0. The molecule has 3 aromatic carbocycles. The molecule has 0 unspecified atom stereocenters. The number of methoxy groups -OCH3 is 1. The SMILES string of the molecule is COc1cccc2c1O[C@H](c1ccc(C)cc1)N1N=C(c3ccccc3)C[C@H]21. The summed E-state index contributed by atoms with van der Waals surface area (Å²) in [5, 5.41) is 7.11. The first-order valence-electron chi connectivity index (χ1n) is 9.56. The number of aryl methyl sites for hydroxylation is 1. The molecule has 4 nitrogen and oxygen atoms in total. The molecule has 0 spiro atoms. The number of nitrogens with zero attached hydrogens (tertiary/aromatic N) is 2. The molecule has 2 heterocycles. The highest BCUT2D eigenvalue weighted by Gasteiger charge is 2.42. The fourth-order valence-electron chi connectivity index (χ4n) is 4.00. The summed E-state index contributed by atoms with van der Waals surface area (Å²) < 4.78 is 12.1. The maximum atomic E-state index is 6.47. The number of hydrazone groups is 1. The van der Waals surface area contributed by atoms with Crippen molar-refractivity contribution in [2.24, 2.45) is 5.10 Å². The third kappa shape index (κ3) is 2.73. The second kappa shape index (κ2) is 6.71. The van der Waals surface area contributed by atoms with E-state index in [1.807, 2.05) is 18.2 Å². The molecule has 0 saturated carbocycles. The van der Waals surface area contributed by atoms with Gasteiger partial charge in [0.15, 0.2) is 11.5 Å². The lowest BCUT2D eigenvalue weighted by atomic mass is 9.95. The van der Waals surface area contributed by atoms with Crippen LogP contribution < -0.4 is 9.47 Å². The third-order valence-corrected chi connectivity index (χ3v) is 5.47. The van der Waals surface area contributed by atoms with Crippen LogP contribution in [0.1, 0.15) is 40.9 Å². The number of fused-ring (bicyclic) bond motifs is 3. The average Bonchev–Trinajstić information content (AvgIpc) is 3.20. The van der Waals surface area contributed by atoms with E-state index < -0.39 is 0 Å². The molecule has 140 valence electrons. The Kier molecular flexibility index (Phi) is 4.05. The largest absolute Gasteiger partial charge is 0.493 e. The number of benzene rings is 3. The molecule has 28 heavy (non-hydrogen) atoms. The van der Waals surface area contributed by atoms with E-state index in [2.05, 4.69) is 66.5 Å². The first kappa shape index (κ1) is 16.9. The van der Waals surface area contributed by atoms with Crippen LogP contribution in [0, 0.1) is 6.92 Å². The second-order valence-corrected chi connectivity index (χ2v) is 7.27. The Hall–Kier alpha value is -3.27. The van der Waals surface area contributed by atoms with E-state index in [1.54, 1.807) is 7.11 Å². The number of rotatable bonds is 3. The van der Waals surface area contributed by atoms with E-state index in [9.17, 15) is 0 Å². The molecule has 3 aromatic rings. The fourth-order valence-corrected chi connectivity index (χ4v) is 4.00. The molecular weight excluding hydrogens is 348 g/mol. The molecule has 2 aliphatic rings. The van der Waals surface area contributed by atoms with Gasteiger partial charge in [0.1, 0.15) is 0 Å². The minimum atomic E-state index is -0.282. The van der Waals surface area contributed by atoms with Crippen molar-refractivity contribution >= 4 is 5.71 Å². The Bertz CT molecular complexity index is 1030. The van der Waals surface area contributed by atoms with E-state index in [0.717, 1.165) is 40.3 Å². The van der Waals surface area contributed by atoms with Gasteiger partial charge in [-0.3, -0.25) is 0 Å². The predicted octanol–water partition coefficient (Wildman–Crippen LogP) is 5.25. The summed E-state index contributed by atoms with van der Waals surface area (Å²) in [6.07, 6.45) is 0.561. The molecule has 0 radical (unpaired) electrons. The van der Waals surface area contributed by atoms with Crippen molar-refractivity contribution in [3.05, 3.63) is 95.1 Å². The summed E-state index contributed by atoms with van der Waals surface area (Å²) in [6, 6.07) is 25.1. The predicted molar refractivity (Wildman–Crippen MR) is 110 cm³/mol. The van der Waals surface area contributed by atoms with Crippen molar-refractivity contribution in [3.8, 4) is 11.5 Å². The topological polar surface area (TPSA) is 34.1 Å². The van der Waals surface area contributed by atoms with E-state index >= 15 is 0 Å². The quantitative estimate of drug-likeness (QED) is 0.632. The lowest BCUT2D eigenvalue weighted by molar-refractivity contribution is -0.0209. The van der Waals surface area contributed by atoms with Gasteiger partial charge in [-0.2, -0.15) is 5.10 Å². The average molecular weight is 370 g/mol. The molecule has 0 amide bonds. The summed E-state index contributed by atoms with van der Waals surface area (Å²) >= 11 is 0. The molecule has 5 rings (SSSR count). The highest BCUT2D eigenvalue weighted by Crippen LogP contribution is 2.50. The Morgan fingerprint density at radius 1 is 0.964 bits per heavy atom. The molecule has 0 bridgehead atoms. The van der Waals surface area contributed by atoms with Crippen LogP contribution in [0.5, 0.6) is 11.5 Å². The highest BCUT2D eigenvalue weighted by molar-refractivity contribution is 6.01. The molecule has 0 aromatic heterocycles. The lowest BCUT2D eigenvalue weighted by Crippen LogP contribution is -2.33. The monoisotopic (exact) mass is 370 g/mol. The van der Waals surface area contributed by atoms with Crippen LogP contribution in [0.4, 0.5) is 0 Å². The smallest absolute Gasteiger partial charge is 0.214 e. The van der Waals surface area contributed by atoms with Crippen molar-refractivity contribution in [3.63, 3.8) is 0 Å². The Labute approximate surface area is 165 Å². The van der Waals surface area contributed by atoms with Gasteiger partial charge in [0.05, 0.1) is 18.9 Å². The molecule has 4 heteroatoms. The van der Waals surface area contributed by atoms with Gasteiger partial charge in [0.25, 0.3) is 0 Å². The summed E-state index contributed by atoms with van der Waals surface area (Å²) in [6.45, 7) is 2.09. The molecule has 0 aliphatic carbocycles. The van der Waals surface area contributed by atoms with Crippen LogP contribution in [-0.4, -0.2) is 17.8 Å². The van der Waals surface area contributed by atoms with Crippen molar-refractivity contribution in [1.29, 1.82) is 0 Å². The van der Waals surface area contributed by atoms with Crippen molar-refractivity contribution in [1.82, 2.24) is 5.01 Å². The van der Waals surface area contributed by atoms with E-state index in [-0.39, 0.29) is 12.3 Å². The fraction of sp³-hybridized carbons (Fsp3) is 0.208. The highest BCUT2D eigenvalue weighted by atomic mass is 16.5. The summed E-state index contributed by atoms with van der Waals surface area (Å²) in [4.78, 5) is 0. The maximum Gasteiger partial charge on any atom is 0.214 e. The minimum Gasteiger partial charge on any atom is -0.493 e. The second-order valence-electron chi connectivity index (χ2n) is 7.27. The summed E-state index contributed by atoms with van der Waals surface area (Å²) in [7, 11) is 1.69. The minimum absolute atomic E-state index is 0.125. The first-order valence-corrected chi connectivity index (χ1v) is 9.56. The molecule has 0 fully saturated rings. The van der Waals surface area contributed by atoms with Gasteiger partial charge in [0, 0.05) is 17.5 Å². The van der Waals surface area contributed by atoms with Crippen LogP contribution in [0.2, 0.25) is 0 Å². The zero-order chi connectivity index (χ0) is 19.1. The van der Waals surface area contributed by atoms with Crippen LogP contribution in [0.15, 0.2) is 77.9 Å². The van der Waals surface area contributed by atoms with Gasteiger partial charge in [-0.1, -0.05) is 72.3 Å². The van der Waals surface area contributed by atoms with Crippen molar-refractivity contribution in [2.75, 3.05) is 7.11 Å². The number of hydrogen-bond acceptors (Lipinski definition) is 4. The van der Waals surface area contributed by atoms with Gasteiger partial charge in [0.2, 0.25) is 6.23 Å². The number of ether oxygens (including phenoxy) is 2. The summed E-state index contributed by atoms with van der Waals surface area (Å²) in [5.41, 5.74) is 5.68. The normalized spacial score (nSPS) is 20.1. The Morgan fingerprint density at radius 3 is 2.50 bits per heavy atom. The van der Waals surface area contributed by atoms with E-state index in [4.69, 9.17) is 14.6 Å². The standard InChI is InChI=1S/C24H22N2O2/c1-16-11-13-18(14-12-16)24-26-21(15-20(25-26)17-7-4-3-5-8-17)19-9-6-10-22(27-2)23(19)28-24/h3-14,21,24H,15H2,1-2H3/t21-,24-/m1/s1. The molecule has 2 aliphatic heterocycles. The molecule has 0 N–H and O–H groups in total. The van der Waals surface area contributed by atoms with Crippen LogP contribution in [0.3, 0.4) is 0 Å². The third-order valence-electron chi connectivity index (χ3n) is 5.47. The maximum absolute atomic E-state index is 6.47. The van der Waals surface area contributed by atoms with Gasteiger partial charge < -0.3 is 9.47 Å². The van der Waals surface area contributed by atoms with Crippen LogP contribution in [0.25, 0.3) is 0 Å². The summed E-state index contributed by atoms with van der Waals surface area (Å²) in [5.74, 6) is 1.59. The Balaban J connectivity index is 1.62. The van der Waals surface area contributed by atoms with Crippen molar-refractivity contribution < 1.29 is 9.47 Å². The zero-order valence-electron chi connectivity index (χ0n) is 16.0. The Morgan fingerprint density at radius 2 is 1.75 bits per heavy atom. The van der Waals surface area contributed by atoms with Crippen molar-refractivity contribution in [2.45, 2.75) is 25.6 Å². The number of para-hydroxylation sites is 1. The van der Waals surface area contributed by atoms with Crippen LogP contribution in [-0.2, 0) is 0 Å². The molecule has 2 atom stereocenters. The zero-order valence-corrected chi connectivity index (χ0v) is 16.0.